The normalized spacial score (nSPS) is 32.1. The monoisotopic (exact) mass is 538 g/mol. The Hall–Kier alpha value is -0.863. The number of fused-ring (bicyclic) bond motifs is 1. The quantitative estimate of drug-likeness (QED) is 0.220. The van der Waals surface area contributed by atoms with Crippen LogP contribution in [0.2, 0.25) is 18.1 Å². The van der Waals surface area contributed by atoms with E-state index in [2.05, 4.69) is 107 Å². The van der Waals surface area contributed by atoms with Crippen LogP contribution in [0.4, 0.5) is 0 Å². The van der Waals surface area contributed by atoms with E-state index in [1.54, 1.807) is 5.57 Å². The first-order valence-corrected chi connectivity index (χ1v) is 18.7. The van der Waals surface area contributed by atoms with Crippen LogP contribution in [0.25, 0.3) is 0 Å². The van der Waals surface area contributed by atoms with Crippen molar-refractivity contribution in [3.63, 3.8) is 0 Å². The van der Waals surface area contributed by atoms with Gasteiger partial charge in [0.1, 0.15) is 0 Å². The Morgan fingerprint density at radius 3 is 2.39 bits per heavy atom. The molecule has 1 nitrogen and oxygen atoms in total. The van der Waals surface area contributed by atoms with Gasteiger partial charge in [-0.05, 0) is 120 Å². The maximum absolute atomic E-state index is 6.97. The Labute approximate surface area is 238 Å². The zero-order chi connectivity index (χ0) is 28.7. The van der Waals surface area contributed by atoms with Gasteiger partial charge < -0.3 is 4.43 Å². The maximum atomic E-state index is 6.97. The molecule has 6 atom stereocenters. The van der Waals surface area contributed by atoms with Crippen molar-refractivity contribution < 1.29 is 4.43 Å². The van der Waals surface area contributed by atoms with E-state index < -0.39 is 8.32 Å². The molecule has 0 spiro atoms. The molecule has 216 valence electrons. The lowest BCUT2D eigenvalue weighted by Crippen LogP contribution is -2.46. The molecular weight excluding hydrogens is 476 g/mol. The van der Waals surface area contributed by atoms with Gasteiger partial charge in [0.15, 0.2) is 8.32 Å². The number of allylic oxidation sites excluding steroid dienone is 5. The summed E-state index contributed by atoms with van der Waals surface area (Å²) >= 11 is 0. The van der Waals surface area contributed by atoms with Gasteiger partial charge >= 0.3 is 0 Å². The molecule has 0 aromatic rings. The van der Waals surface area contributed by atoms with Gasteiger partial charge in [-0.2, -0.15) is 0 Å². The largest absolute Gasteiger partial charge is 0.407 e. The number of hydrogen-bond acceptors (Lipinski definition) is 1. The van der Waals surface area contributed by atoms with Crippen molar-refractivity contribution in [3.8, 4) is 0 Å². The summed E-state index contributed by atoms with van der Waals surface area (Å²) in [6, 6.07) is 0. The van der Waals surface area contributed by atoms with E-state index in [0.717, 1.165) is 24.2 Å². The fraction of sp³-hybridized carbons (Fsp3) is 0.778. The molecule has 0 N–H and O–H groups in total. The van der Waals surface area contributed by atoms with Gasteiger partial charge in [0, 0.05) is 0 Å². The maximum Gasteiger partial charge on any atom is 0.193 e. The Kier molecular flexibility index (Phi) is 9.63. The molecule has 2 unspecified atom stereocenters. The van der Waals surface area contributed by atoms with Crippen molar-refractivity contribution in [1.29, 1.82) is 0 Å². The highest BCUT2D eigenvalue weighted by atomic mass is 28.4. The van der Waals surface area contributed by atoms with E-state index in [-0.39, 0.29) is 11.1 Å². The van der Waals surface area contributed by atoms with Gasteiger partial charge in [0.05, 0.1) is 6.10 Å². The number of hydrogen-bond donors (Lipinski definition) is 0. The third-order valence-corrected chi connectivity index (χ3v) is 15.7. The second kappa shape index (κ2) is 11.6. The summed E-state index contributed by atoms with van der Waals surface area (Å²) in [6.45, 7) is 33.3. The average Bonchev–Trinajstić information content (AvgIpc) is 3.14. The Morgan fingerprint density at radius 2 is 1.79 bits per heavy atom. The van der Waals surface area contributed by atoms with Gasteiger partial charge in [-0.1, -0.05) is 100.0 Å². The van der Waals surface area contributed by atoms with Gasteiger partial charge in [-0.25, -0.2) is 0 Å². The molecule has 1 saturated carbocycles. The topological polar surface area (TPSA) is 9.23 Å². The first-order valence-electron chi connectivity index (χ1n) is 15.8. The van der Waals surface area contributed by atoms with Crippen LogP contribution in [-0.4, -0.2) is 14.4 Å². The molecule has 0 radical (unpaired) electrons. The van der Waals surface area contributed by atoms with Gasteiger partial charge in [-0.3, -0.25) is 0 Å². The van der Waals surface area contributed by atoms with E-state index in [0.29, 0.717) is 16.7 Å². The van der Waals surface area contributed by atoms with Crippen LogP contribution in [0.3, 0.4) is 0 Å². The van der Waals surface area contributed by atoms with Crippen molar-refractivity contribution in [2.75, 3.05) is 0 Å². The van der Waals surface area contributed by atoms with Gasteiger partial charge in [0.2, 0.25) is 0 Å². The highest BCUT2D eigenvalue weighted by Crippen LogP contribution is 2.59. The zero-order valence-electron chi connectivity index (χ0n) is 27.4. The average molecular weight is 539 g/mol. The fourth-order valence-electron chi connectivity index (χ4n) is 7.50. The van der Waals surface area contributed by atoms with E-state index in [9.17, 15) is 0 Å². The predicted molar refractivity (Wildman–Crippen MR) is 171 cm³/mol. The third-order valence-electron chi connectivity index (χ3n) is 11.2. The fourth-order valence-corrected chi connectivity index (χ4v) is 8.77. The van der Waals surface area contributed by atoms with Crippen molar-refractivity contribution in [2.45, 2.75) is 145 Å². The smallest absolute Gasteiger partial charge is 0.193 e. The SMILES string of the molecule is C=C1[C@H](O[Si](C)(C)C(C)(C)C)C(C)=C(/C=C\C2=CCC[C@@]3(C)C2CCC3[C@H](C)CCCC(C)(C)C)C[C@H]1C. The summed E-state index contributed by atoms with van der Waals surface area (Å²) in [7, 11) is -1.89. The van der Waals surface area contributed by atoms with Crippen LogP contribution in [-0.2, 0) is 4.43 Å². The van der Waals surface area contributed by atoms with E-state index >= 15 is 0 Å². The summed E-state index contributed by atoms with van der Waals surface area (Å²) in [6.07, 6.45) is 18.2. The standard InChI is InChI=1S/C36H62OSi/c1-25(16-14-22-34(5,6)7)31-20-21-32-29(17-15-23-36(31,32)11)18-19-30-24-26(2)27(3)33(28(30)4)37-38(12,13)35(8,9)10/h17-19,25-26,31-33H,3,14-16,20-24H2,1-2,4-13H3/b19-18-/t25-,26-,31?,32?,33+,36-/m1/s1. The molecule has 0 heterocycles. The van der Waals surface area contributed by atoms with E-state index in [1.165, 1.54) is 61.7 Å². The highest BCUT2D eigenvalue weighted by molar-refractivity contribution is 6.74. The molecule has 0 aromatic heterocycles. The van der Waals surface area contributed by atoms with E-state index in [4.69, 9.17) is 4.43 Å². The van der Waals surface area contributed by atoms with Crippen molar-refractivity contribution in [2.24, 2.45) is 34.5 Å². The molecule has 1 fully saturated rings. The highest BCUT2D eigenvalue weighted by Gasteiger charge is 2.49. The molecule has 0 saturated heterocycles. The first kappa shape index (κ1) is 31.7. The van der Waals surface area contributed by atoms with E-state index in [1.807, 2.05) is 0 Å². The Morgan fingerprint density at radius 1 is 1.13 bits per heavy atom. The molecule has 3 aliphatic carbocycles. The minimum atomic E-state index is -1.89. The molecule has 0 aromatic carbocycles. The summed E-state index contributed by atoms with van der Waals surface area (Å²) < 4.78 is 6.97. The molecule has 0 amide bonds. The second-order valence-corrected chi connectivity index (χ2v) is 21.2. The van der Waals surface area contributed by atoms with Crippen molar-refractivity contribution in [3.05, 3.63) is 47.1 Å². The molecule has 3 aliphatic rings. The summed E-state index contributed by atoms with van der Waals surface area (Å²) in [4.78, 5) is 0. The van der Waals surface area contributed by atoms with Crippen molar-refractivity contribution >= 4 is 8.32 Å². The van der Waals surface area contributed by atoms with Crippen LogP contribution in [0.15, 0.2) is 47.1 Å². The Bertz CT molecular complexity index is 949. The van der Waals surface area contributed by atoms with Gasteiger partial charge in [0.25, 0.3) is 0 Å². The number of rotatable bonds is 8. The lowest BCUT2D eigenvalue weighted by Gasteiger charge is -2.43. The summed E-state index contributed by atoms with van der Waals surface area (Å²) in [5.41, 5.74) is 6.67. The molecule has 0 aliphatic heterocycles. The van der Waals surface area contributed by atoms with Gasteiger partial charge in [-0.15, -0.1) is 0 Å². The molecular formula is C36H62OSi. The third kappa shape index (κ3) is 6.88. The van der Waals surface area contributed by atoms with Crippen molar-refractivity contribution in [1.82, 2.24) is 0 Å². The Balaban J connectivity index is 1.77. The molecule has 2 heteroatoms. The first-order chi connectivity index (χ1) is 17.4. The minimum Gasteiger partial charge on any atom is -0.407 e. The van der Waals surface area contributed by atoms with Crippen LogP contribution in [0.1, 0.15) is 121 Å². The molecule has 0 bridgehead atoms. The second-order valence-electron chi connectivity index (χ2n) is 16.4. The molecule has 3 rings (SSSR count). The minimum absolute atomic E-state index is 0.0645. The lowest BCUT2D eigenvalue weighted by atomic mass is 9.62. The zero-order valence-corrected chi connectivity index (χ0v) is 28.4. The van der Waals surface area contributed by atoms with Crippen LogP contribution in [0, 0.1) is 34.5 Å². The van der Waals surface area contributed by atoms with Crippen LogP contribution < -0.4 is 0 Å². The lowest BCUT2D eigenvalue weighted by molar-refractivity contribution is 0.106. The summed E-state index contributed by atoms with van der Waals surface area (Å²) in [5, 5.41) is 0.199. The predicted octanol–water partition coefficient (Wildman–Crippen LogP) is 11.5. The molecule has 38 heavy (non-hydrogen) atoms. The van der Waals surface area contributed by atoms with Crippen LogP contribution >= 0.6 is 0 Å². The van der Waals surface area contributed by atoms with Crippen LogP contribution in [0.5, 0.6) is 0 Å². The summed E-state index contributed by atoms with van der Waals surface area (Å²) in [5.74, 6) is 2.88.